The zero-order valence-electron chi connectivity index (χ0n) is 18.3. The zero-order chi connectivity index (χ0) is 22.6. The molecule has 0 bridgehead atoms. The maximum absolute atomic E-state index is 12.7. The molecule has 0 spiro atoms. The molecule has 0 aromatic heterocycles. The second-order valence-corrected chi connectivity index (χ2v) is 10.3. The number of rotatable bonds is 7. The van der Waals surface area contributed by atoms with Crippen molar-refractivity contribution < 1.29 is 13.2 Å². The van der Waals surface area contributed by atoms with Crippen LogP contribution in [0.2, 0.25) is 0 Å². The number of nitrogens with one attached hydrogen (secondary N) is 2. The summed E-state index contributed by atoms with van der Waals surface area (Å²) in [5.41, 5.74) is 1.83. The molecular weight excluding hydrogens is 422 g/mol. The predicted molar refractivity (Wildman–Crippen MR) is 128 cm³/mol. The van der Waals surface area contributed by atoms with Gasteiger partial charge in [0.2, 0.25) is 15.9 Å². The van der Waals surface area contributed by atoms with Crippen molar-refractivity contribution in [3.63, 3.8) is 0 Å². The lowest BCUT2D eigenvalue weighted by molar-refractivity contribution is -0.117. The van der Waals surface area contributed by atoms with Crippen LogP contribution in [-0.4, -0.2) is 45.4 Å². The van der Waals surface area contributed by atoms with Crippen LogP contribution in [0.5, 0.6) is 0 Å². The molecular formula is C25H29N3O3S. The zero-order valence-corrected chi connectivity index (χ0v) is 19.1. The van der Waals surface area contributed by atoms with Crippen LogP contribution in [0.15, 0.2) is 71.6 Å². The van der Waals surface area contributed by atoms with Crippen molar-refractivity contribution >= 4 is 32.4 Å². The van der Waals surface area contributed by atoms with Crippen molar-refractivity contribution in [3.05, 3.63) is 72.3 Å². The average molecular weight is 452 g/mol. The van der Waals surface area contributed by atoms with Gasteiger partial charge < -0.3 is 5.32 Å². The van der Waals surface area contributed by atoms with Gasteiger partial charge in [0.25, 0.3) is 0 Å². The summed E-state index contributed by atoms with van der Waals surface area (Å²) in [6.45, 7) is 4.13. The second kappa shape index (κ2) is 9.81. The third kappa shape index (κ3) is 5.54. The number of fused-ring (bicyclic) bond motifs is 1. The molecule has 1 heterocycles. The van der Waals surface area contributed by atoms with Crippen molar-refractivity contribution in [2.45, 2.75) is 24.7 Å². The van der Waals surface area contributed by atoms with E-state index >= 15 is 0 Å². The van der Waals surface area contributed by atoms with Crippen LogP contribution in [0.4, 0.5) is 5.69 Å². The Morgan fingerprint density at radius 2 is 1.78 bits per heavy atom. The van der Waals surface area contributed by atoms with Crippen molar-refractivity contribution in [1.82, 2.24) is 9.62 Å². The number of amides is 1. The van der Waals surface area contributed by atoms with Crippen molar-refractivity contribution in [2.75, 3.05) is 31.5 Å². The Labute approximate surface area is 189 Å². The summed E-state index contributed by atoms with van der Waals surface area (Å²) in [6.07, 6.45) is 1.89. The molecule has 0 radical (unpaired) electrons. The van der Waals surface area contributed by atoms with Gasteiger partial charge in [-0.25, -0.2) is 13.1 Å². The Hall–Kier alpha value is -2.74. The van der Waals surface area contributed by atoms with Crippen LogP contribution in [0, 0.1) is 12.8 Å². The Balaban J connectivity index is 1.32. The number of nitrogens with zero attached hydrogens (tertiary/aromatic N) is 1. The minimum Gasteiger partial charge on any atom is -0.324 e. The van der Waals surface area contributed by atoms with Gasteiger partial charge in [-0.1, -0.05) is 54.1 Å². The van der Waals surface area contributed by atoms with Crippen LogP contribution in [-0.2, 0) is 14.8 Å². The van der Waals surface area contributed by atoms with Crippen LogP contribution >= 0.6 is 0 Å². The Kier molecular flexibility index (Phi) is 6.89. The van der Waals surface area contributed by atoms with E-state index in [1.165, 1.54) is 0 Å². The lowest BCUT2D eigenvalue weighted by Gasteiger charge is -2.32. The fourth-order valence-electron chi connectivity index (χ4n) is 4.22. The molecule has 1 fully saturated rings. The molecule has 0 aliphatic carbocycles. The first-order chi connectivity index (χ1) is 15.4. The quantitative estimate of drug-likeness (QED) is 0.573. The van der Waals surface area contributed by atoms with Crippen molar-refractivity contribution in [2.24, 2.45) is 5.92 Å². The predicted octanol–water partition coefficient (Wildman–Crippen LogP) is 3.78. The van der Waals surface area contributed by atoms with Gasteiger partial charge in [0.05, 0.1) is 11.4 Å². The molecule has 4 rings (SSSR count). The number of carbonyl (C=O) groups is 1. The summed E-state index contributed by atoms with van der Waals surface area (Å²) >= 11 is 0. The molecule has 6 nitrogen and oxygen atoms in total. The fourth-order valence-corrected chi connectivity index (χ4v) is 5.33. The van der Waals surface area contributed by atoms with E-state index in [9.17, 15) is 13.2 Å². The lowest BCUT2D eigenvalue weighted by Crippen LogP contribution is -2.43. The third-order valence-electron chi connectivity index (χ3n) is 5.93. The number of carbonyl (C=O) groups excluding carboxylic acids is 1. The van der Waals surface area contributed by atoms with Gasteiger partial charge in [0.15, 0.2) is 0 Å². The van der Waals surface area contributed by atoms with Gasteiger partial charge in [-0.3, -0.25) is 9.69 Å². The number of anilines is 1. The molecule has 32 heavy (non-hydrogen) atoms. The number of hydrogen-bond acceptors (Lipinski definition) is 4. The molecule has 1 amide bonds. The molecule has 3 aromatic rings. The smallest absolute Gasteiger partial charge is 0.240 e. The molecule has 2 N–H and O–H groups in total. The van der Waals surface area contributed by atoms with Gasteiger partial charge in [-0.05, 0) is 55.8 Å². The molecule has 1 saturated heterocycles. The van der Waals surface area contributed by atoms with Gasteiger partial charge in [0.1, 0.15) is 0 Å². The van der Waals surface area contributed by atoms with E-state index in [0.717, 1.165) is 41.4 Å². The molecule has 168 valence electrons. The first kappa shape index (κ1) is 22.5. The van der Waals surface area contributed by atoms with E-state index in [4.69, 9.17) is 0 Å². The van der Waals surface area contributed by atoms with E-state index in [2.05, 4.69) is 14.9 Å². The lowest BCUT2D eigenvalue weighted by atomic mass is 9.98. The monoisotopic (exact) mass is 451 g/mol. The second-order valence-electron chi connectivity index (χ2n) is 8.48. The minimum atomic E-state index is -3.53. The highest BCUT2D eigenvalue weighted by atomic mass is 32.2. The number of hydrogen-bond donors (Lipinski definition) is 2. The van der Waals surface area contributed by atoms with Gasteiger partial charge in [-0.2, -0.15) is 0 Å². The molecule has 3 aromatic carbocycles. The van der Waals surface area contributed by atoms with Gasteiger partial charge in [-0.15, -0.1) is 0 Å². The number of likely N-dealkylation sites (tertiary alicyclic amines) is 1. The first-order valence-corrected chi connectivity index (χ1v) is 12.5. The summed E-state index contributed by atoms with van der Waals surface area (Å²) in [4.78, 5) is 15.1. The third-order valence-corrected chi connectivity index (χ3v) is 7.37. The van der Waals surface area contributed by atoms with E-state index in [0.29, 0.717) is 19.6 Å². The largest absolute Gasteiger partial charge is 0.324 e. The summed E-state index contributed by atoms with van der Waals surface area (Å²) < 4.78 is 27.9. The summed E-state index contributed by atoms with van der Waals surface area (Å²) in [5.74, 6) is 0.122. The maximum Gasteiger partial charge on any atom is 0.240 e. The van der Waals surface area contributed by atoms with Crippen molar-refractivity contribution in [3.8, 4) is 0 Å². The van der Waals surface area contributed by atoms with E-state index in [-0.39, 0.29) is 16.7 Å². The van der Waals surface area contributed by atoms with Gasteiger partial charge in [0, 0.05) is 24.2 Å². The number of benzene rings is 3. The highest BCUT2D eigenvalue weighted by Crippen LogP contribution is 2.23. The van der Waals surface area contributed by atoms with Crippen LogP contribution in [0.1, 0.15) is 18.4 Å². The highest BCUT2D eigenvalue weighted by molar-refractivity contribution is 7.89. The average Bonchev–Trinajstić information content (AvgIpc) is 2.79. The molecule has 1 unspecified atom stereocenters. The molecule has 7 heteroatoms. The Bertz CT molecular complexity index is 1190. The number of sulfonamides is 1. The van der Waals surface area contributed by atoms with E-state index in [1.54, 1.807) is 24.3 Å². The molecule has 1 aliphatic heterocycles. The van der Waals surface area contributed by atoms with E-state index < -0.39 is 10.0 Å². The maximum atomic E-state index is 12.7. The minimum absolute atomic E-state index is 0.0535. The SMILES string of the molecule is Cc1ccc(S(=O)(=O)NCC2CCCN(CC(=O)Nc3cccc4ccccc34)C2)cc1. The first-order valence-electron chi connectivity index (χ1n) is 11.0. The number of piperidine rings is 1. The molecule has 1 atom stereocenters. The van der Waals surface area contributed by atoms with Crippen LogP contribution in [0.25, 0.3) is 10.8 Å². The van der Waals surface area contributed by atoms with Crippen LogP contribution in [0.3, 0.4) is 0 Å². The van der Waals surface area contributed by atoms with Gasteiger partial charge >= 0.3 is 0 Å². The van der Waals surface area contributed by atoms with Crippen LogP contribution < -0.4 is 10.0 Å². The highest BCUT2D eigenvalue weighted by Gasteiger charge is 2.24. The normalized spacial score (nSPS) is 17.3. The molecule has 0 saturated carbocycles. The summed E-state index contributed by atoms with van der Waals surface area (Å²) in [5, 5.41) is 5.14. The Morgan fingerprint density at radius 1 is 1.03 bits per heavy atom. The summed E-state index contributed by atoms with van der Waals surface area (Å²) in [6, 6.07) is 20.7. The fraction of sp³-hybridized carbons (Fsp3) is 0.320. The van der Waals surface area contributed by atoms with Crippen molar-refractivity contribution in [1.29, 1.82) is 0 Å². The topological polar surface area (TPSA) is 78.5 Å². The summed E-state index contributed by atoms with van der Waals surface area (Å²) in [7, 11) is -3.53. The Morgan fingerprint density at radius 3 is 2.59 bits per heavy atom. The van der Waals surface area contributed by atoms with E-state index in [1.807, 2.05) is 49.4 Å². The standard InChI is InChI=1S/C25H29N3O3S/c1-19-11-13-22(14-12-19)32(30,31)26-16-20-6-5-15-28(17-20)18-25(29)27-24-10-4-8-21-7-2-3-9-23(21)24/h2-4,7-14,20,26H,5-6,15-18H2,1H3,(H,27,29). The molecule has 1 aliphatic rings. The number of aryl methyl sites for hydroxylation is 1.